The number of thiophene rings is 1. The van der Waals surface area contributed by atoms with Crippen molar-refractivity contribution in [3.63, 3.8) is 0 Å². The Hall–Kier alpha value is -8.91. The van der Waals surface area contributed by atoms with E-state index in [1.807, 2.05) is 6.07 Å². The summed E-state index contributed by atoms with van der Waals surface area (Å²) in [4.78, 5) is 16.8. The smallest absolute Gasteiger partial charge is 0.166 e. The molecule has 7 heteroatoms. The highest BCUT2D eigenvalue weighted by atomic mass is 32.1. The van der Waals surface area contributed by atoms with Crippen molar-refractivity contribution in [2.24, 2.45) is 0 Å². The number of aromatic nitrogens is 5. The first-order chi connectivity index (χ1) is 33.7. The molecule has 0 saturated heterocycles. The van der Waals surface area contributed by atoms with E-state index in [-0.39, 0.29) is 0 Å². The Morgan fingerprint density at radius 2 is 0.926 bits per heavy atom. The maximum absolute atomic E-state index is 6.70. The Bertz CT molecular complexity index is 4580. The van der Waals surface area contributed by atoms with Crippen LogP contribution >= 0.6 is 11.3 Å². The number of hydrogen-bond donors (Lipinski definition) is 0. The lowest BCUT2D eigenvalue weighted by atomic mass is 10.0. The molecule has 0 unspecified atom stereocenters. The lowest BCUT2D eigenvalue weighted by Gasteiger charge is -2.16. The first kappa shape index (κ1) is 37.3. The number of para-hydroxylation sites is 4. The van der Waals surface area contributed by atoms with Crippen LogP contribution < -0.4 is 0 Å². The monoisotopic (exact) mass is 885 g/mol. The molecule has 316 valence electrons. The van der Waals surface area contributed by atoms with Crippen LogP contribution in [0.3, 0.4) is 0 Å². The topological polar surface area (TPSA) is 61.7 Å². The highest BCUT2D eigenvalue weighted by Gasteiger charge is 2.26. The van der Waals surface area contributed by atoms with Gasteiger partial charge in [-0.25, -0.2) is 15.0 Å². The molecule has 0 fully saturated rings. The molecule has 10 aromatic carbocycles. The van der Waals surface area contributed by atoms with Crippen molar-refractivity contribution in [1.29, 1.82) is 0 Å². The summed E-state index contributed by atoms with van der Waals surface area (Å²) < 4.78 is 13.9. The van der Waals surface area contributed by atoms with Crippen LogP contribution in [0, 0.1) is 0 Å². The van der Waals surface area contributed by atoms with Crippen LogP contribution in [-0.2, 0) is 0 Å². The first-order valence-electron chi connectivity index (χ1n) is 22.9. The zero-order valence-corrected chi connectivity index (χ0v) is 37.1. The molecule has 0 bridgehead atoms. The van der Waals surface area contributed by atoms with Gasteiger partial charge in [-0.2, -0.15) is 0 Å². The summed E-state index contributed by atoms with van der Waals surface area (Å²) in [5.74, 6) is 1.78. The molecule has 0 atom stereocenters. The van der Waals surface area contributed by atoms with Gasteiger partial charge in [0.15, 0.2) is 17.5 Å². The summed E-state index contributed by atoms with van der Waals surface area (Å²) >= 11 is 1.79. The molecule has 15 rings (SSSR count). The molecule has 0 saturated carbocycles. The van der Waals surface area contributed by atoms with Crippen molar-refractivity contribution >= 4 is 108 Å². The van der Waals surface area contributed by atoms with Gasteiger partial charge in [-0.15, -0.1) is 11.3 Å². The van der Waals surface area contributed by atoms with E-state index < -0.39 is 0 Å². The fraction of sp³-hybridized carbons (Fsp3) is 0. The van der Waals surface area contributed by atoms with E-state index in [4.69, 9.17) is 19.4 Å². The third-order valence-electron chi connectivity index (χ3n) is 13.8. The maximum atomic E-state index is 6.70. The van der Waals surface area contributed by atoms with Gasteiger partial charge in [0, 0.05) is 69.5 Å². The molecule has 15 aromatic rings. The molecular weight excluding hydrogens is 851 g/mol. The molecule has 6 nitrogen and oxygen atoms in total. The average molecular weight is 886 g/mol. The maximum Gasteiger partial charge on any atom is 0.166 e. The Balaban J connectivity index is 1.10. The van der Waals surface area contributed by atoms with Gasteiger partial charge < -0.3 is 13.6 Å². The minimum absolute atomic E-state index is 0.569. The molecule has 5 heterocycles. The number of hydrogen-bond acceptors (Lipinski definition) is 5. The molecule has 5 aromatic heterocycles. The molecule has 0 radical (unpaired) electrons. The second-order valence-electron chi connectivity index (χ2n) is 17.5. The lowest BCUT2D eigenvalue weighted by molar-refractivity contribution is 0.669. The lowest BCUT2D eigenvalue weighted by Crippen LogP contribution is -2.04. The minimum Gasteiger partial charge on any atom is -0.456 e. The number of nitrogens with zero attached hydrogens (tertiary/aromatic N) is 5. The largest absolute Gasteiger partial charge is 0.456 e. The fourth-order valence-electron chi connectivity index (χ4n) is 10.9. The fourth-order valence-corrected chi connectivity index (χ4v) is 12.0. The van der Waals surface area contributed by atoms with Crippen LogP contribution in [0.2, 0.25) is 0 Å². The molecule has 0 N–H and O–H groups in total. The summed E-state index contributed by atoms with van der Waals surface area (Å²) in [5, 5.41) is 11.2. The highest BCUT2D eigenvalue weighted by molar-refractivity contribution is 7.25. The molecular formula is C61H35N5OS. The van der Waals surface area contributed by atoms with E-state index >= 15 is 0 Å². The predicted octanol–water partition coefficient (Wildman–Crippen LogP) is 16.5. The summed E-state index contributed by atoms with van der Waals surface area (Å²) in [7, 11) is 0. The van der Waals surface area contributed by atoms with Crippen molar-refractivity contribution in [1.82, 2.24) is 24.1 Å². The van der Waals surface area contributed by atoms with Gasteiger partial charge in [-0.3, -0.25) is 0 Å². The Morgan fingerprint density at radius 3 is 1.74 bits per heavy atom. The van der Waals surface area contributed by atoms with Crippen molar-refractivity contribution in [3.8, 4) is 45.5 Å². The summed E-state index contributed by atoms with van der Waals surface area (Å²) in [5.41, 5.74) is 10.8. The average Bonchev–Trinajstić information content (AvgIpc) is 4.15. The van der Waals surface area contributed by atoms with E-state index in [1.54, 1.807) is 11.3 Å². The first-order valence-corrected chi connectivity index (χ1v) is 23.7. The van der Waals surface area contributed by atoms with Gasteiger partial charge in [0.25, 0.3) is 0 Å². The van der Waals surface area contributed by atoms with Crippen LogP contribution in [0.25, 0.3) is 142 Å². The predicted molar refractivity (Wildman–Crippen MR) is 282 cm³/mol. The number of fused-ring (bicyclic) bond motifs is 13. The Kier molecular flexibility index (Phi) is 7.85. The summed E-state index contributed by atoms with van der Waals surface area (Å²) in [6.45, 7) is 0. The third kappa shape index (κ3) is 5.36. The standard InChI is InChI=1S/C61H35N5OS/c1-2-18-38(19-3-1)65-48-27-11-7-21-40(48)55-43(24-14-28-49(55)65)59-62-60(44-25-15-31-54-56(44)42-23-9-13-30-53(42)68-54)64-61(63-59)45-32-33-52-57(41-22-8-12-29-51(41)67-52)58(45)66-47-26-10-6-20-39(47)46-34-36-16-4-5-17-37(36)35-50(46)66/h1-35H. The highest BCUT2D eigenvalue weighted by Crippen LogP contribution is 2.46. The van der Waals surface area contributed by atoms with E-state index in [9.17, 15) is 0 Å². The van der Waals surface area contributed by atoms with Crippen molar-refractivity contribution in [2.45, 2.75) is 0 Å². The van der Waals surface area contributed by atoms with Gasteiger partial charge in [-0.1, -0.05) is 140 Å². The number of furan rings is 1. The Labute approximate surface area is 392 Å². The number of benzene rings is 10. The molecule has 0 amide bonds. The van der Waals surface area contributed by atoms with Crippen molar-refractivity contribution in [3.05, 3.63) is 212 Å². The van der Waals surface area contributed by atoms with E-state index in [2.05, 4.69) is 215 Å². The summed E-state index contributed by atoms with van der Waals surface area (Å²) in [6.07, 6.45) is 0. The van der Waals surface area contributed by atoms with Crippen molar-refractivity contribution < 1.29 is 4.42 Å². The molecule has 0 aliphatic rings. The van der Waals surface area contributed by atoms with Gasteiger partial charge in [-0.05, 0) is 83.6 Å². The van der Waals surface area contributed by atoms with Crippen molar-refractivity contribution in [2.75, 3.05) is 0 Å². The Morgan fingerprint density at radius 1 is 0.338 bits per heavy atom. The second kappa shape index (κ2) is 14.3. The van der Waals surface area contributed by atoms with Gasteiger partial charge >= 0.3 is 0 Å². The van der Waals surface area contributed by atoms with Crippen LogP contribution in [0.4, 0.5) is 0 Å². The van der Waals surface area contributed by atoms with E-state index in [1.165, 1.54) is 36.3 Å². The van der Waals surface area contributed by atoms with Crippen LogP contribution in [0.1, 0.15) is 0 Å². The normalized spacial score (nSPS) is 12.1. The molecule has 68 heavy (non-hydrogen) atoms. The molecule has 0 aliphatic heterocycles. The van der Waals surface area contributed by atoms with Crippen LogP contribution in [0.5, 0.6) is 0 Å². The zero-order valence-electron chi connectivity index (χ0n) is 36.3. The number of rotatable bonds is 5. The molecule has 0 aliphatic carbocycles. The van der Waals surface area contributed by atoms with Crippen LogP contribution in [0.15, 0.2) is 217 Å². The van der Waals surface area contributed by atoms with Gasteiger partial charge in [0.2, 0.25) is 0 Å². The van der Waals surface area contributed by atoms with Crippen LogP contribution in [-0.4, -0.2) is 24.1 Å². The molecule has 0 spiro atoms. The minimum atomic E-state index is 0.569. The van der Waals surface area contributed by atoms with Gasteiger partial charge in [0.1, 0.15) is 11.2 Å². The second-order valence-corrected chi connectivity index (χ2v) is 18.6. The summed E-state index contributed by atoms with van der Waals surface area (Å²) in [6, 6.07) is 75.4. The quantitative estimate of drug-likeness (QED) is 0.173. The SMILES string of the molecule is c1ccc(-n2c3ccccc3c3c(-c4nc(-c5ccc6oc7ccccc7c6c5-n5c6ccccc6c6cc7ccccc7cc65)nc(-c5cccc6sc7ccccc7c56)n4)cccc32)cc1. The van der Waals surface area contributed by atoms with E-state index in [0.717, 1.165) is 88.2 Å². The van der Waals surface area contributed by atoms with E-state index in [0.29, 0.717) is 17.5 Å². The van der Waals surface area contributed by atoms with Gasteiger partial charge in [0.05, 0.1) is 33.1 Å². The zero-order chi connectivity index (χ0) is 44.5. The third-order valence-corrected chi connectivity index (χ3v) is 14.9.